The van der Waals surface area contributed by atoms with Crippen molar-refractivity contribution in [2.75, 3.05) is 0 Å². The van der Waals surface area contributed by atoms with Crippen LogP contribution >= 0.6 is 0 Å². The molecule has 4 nitrogen and oxygen atoms in total. The highest BCUT2D eigenvalue weighted by atomic mass is 15.0. The second-order valence-corrected chi connectivity index (χ2v) is 6.43. The molecule has 4 heteroatoms. The number of amidine groups is 1. The normalized spacial score (nSPS) is 23.9. The zero-order valence-corrected chi connectivity index (χ0v) is 12.6. The minimum atomic E-state index is 0.0428. The second-order valence-electron chi connectivity index (χ2n) is 6.43. The Morgan fingerprint density at radius 3 is 2.73 bits per heavy atom. The van der Waals surface area contributed by atoms with Crippen LogP contribution in [-0.2, 0) is 12.8 Å². The summed E-state index contributed by atoms with van der Waals surface area (Å²) in [5.41, 5.74) is 11.3. The fraction of sp³-hybridized carbons (Fsp3) is 0.389. The van der Waals surface area contributed by atoms with E-state index in [1.54, 1.807) is 6.33 Å². The molecule has 2 N–H and O–H groups in total. The number of benzene rings is 1. The Morgan fingerprint density at radius 2 is 1.91 bits per heavy atom. The van der Waals surface area contributed by atoms with Gasteiger partial charge in [-0.2, -0.15) is 0 Å². The highest BCUT2D eigenvalue weighted by Crippen LogP contribution is 2.40. The molecule has 0 amide bonds. The first-order valence-electron chi connectivity index (χ1n) is 7.96. The van der Waals surface area contributed by atoms with Crippen LogP contribution in [0.15, 0.2) is 41.9 Å². The van der Waals surface area contributed by atoms with Crippen LogP contribution in [0.3, 0.4) is 0 Å². The van der Waals surface area contributed by atoms with E-state index in [2.05, 4.69) is 28.2 Å². The highest BCUT2D eigenvalue weighted by Gasteiger charge is 2.36. The Bertz CT molecular complexity index is 723. The summed E-state index contributed by atoms with van der Waals surface area (Å²) in [6.45, 7) is 0. The second kappa shape index (κ2) is 5.20. The predicted molar refractivity (Wildman–Crippen MR) is 87.7 cm³/mol. The third kappa shape index (κ3) is 2.28. The Kier molecular flexibility index (Phi) is 3.17. The molecule has 0 fully saturated rings. The maximum atomic E-state index is 6.01. The zero-order chi connectivity index (χ0) is 15.0. The molecule has 0 saturated carbocycles. The fourth-order valence-electron chi connectivity index (χ4n) is 3.93. The van der Waals surface area contributed by atoms with Crippen molar-refractivity contribution in [3.63, 3.8) is 0 Å². The average Bonchev–Trinajstić information content (AvgIpc) is 2.55. The van der Waals surface area contributed by atoms with Crippen LogP contribution in [0.25, 0.3) is 11.1 Å². The summed E-state index contributed by atoms with van der Waals surface area (Å²) in [6.07, 6.45) is 11.8. The van der Waals surface area contributed by atoms with Crippen molar-refractivity contribution in [2.45, 2.75) is 44.1 Å². The van der Waals surface area contributed by atoms with Gasteiger partial charge in [0.1, 0.15) is 6.33 Å². The average molecular weight is 292 g/mol. The van der Waals surface area contributed by atoms with Crippen LogP contribution in [-0.4, -0.2) is 21.3 Å². The molecule has 112 valence electrons. The van der Waals surface area contributed by atoms with Gasteiger partial charge in [0.25, 0.3) is 0 Å². The molecule has 2 aromatic rings. The van der Waals surface area contributed by atoms with Gasteiger partial charge >= 0.3 is 0 Å². The predicted octanol–water partition coefficient (Wildman–Crippen LogP) is 2.91. The standard InChI is InChI=1S/C18H20N4/c19-17-5-2-7-18(22-17)8-6-16-13(9-18)3-1-4-15(16)14-10-20-12-21-11-14/h1,3-4,10-12H,2,5-9H2,(H2,19,22). The summed E-state index contributed by atoms with van der Waals surface area (Å²) < 4.78 is 0. The quantitative estimate of drug-likeness (QED) is 0.879. The minimum absolute atomic E-state index is 0.0428. The molecular weight excluding hydrogens is 272 g/mol. The molecule has 1 aliphatic carbocycles. The number of aromatic nitrogens is 2. The van der Waals surface area contributed by atoms with Crippen molar-refractivity contribution in [3.8, 4) is 11.1 Å². The molecule has 2 heterocycles. The summed E-state index contributed by atoms with van der Waals surface area (Å²) in [7, 11) is 0. The van der Waals surface area contributed by atoms with Crippen molar-refractivity contribution >= 4 is 5.84 Å². The van der Waals surface area contributed by atoms with Gasteiger partial charge in [0.05, 0.1) is 11.4 Å². The molecule has 2 aliphatic rings. The molecule has 1 unspecified atom stereocenters. The molecule has 0 bridgehead atoms. The smallest absolute Gasteiger partial charge is 0.115 e. The first-order valence-corrected chi connectivity index (χ1v) is 7.96. The van der Waals surface area contributed by atoms with Crippen LogP contribution in [0.4, 0.5) is 0 Å². The number of fused-ring (bicyclic) bond motifs is 1. The van der Waals surface area contributed by atoms with Crippen LogP contribution < -0.4 is 5.73 Å². The van der Waals surface area contributed by atoms with Gasteiger partial charge in [-0.25, -0.2) is 9.97 Å². The first-order chi connectivity index (χ1) is 10.8. The molecule has 4 rings (SSSR count). The van der Waals surface area contributed by atoms with E-state index in [1.807, 2.05) is 12.4 Å². The van der Waals surface area contributed by atoms with Crippen LogP contribution in [0, 0.1) is 0 Å². The van der Waals surface area contributed by atoms with Crippen LogP contribution in [0.2, 0.25) is 0 Å². The molecular formula is C18H20N4. The molecule has 0 saturated heterocycles. The number of hydrogen-bond donors (Lipinski definition) is 1. The van der Waals surface area contributed by atoms with Gasteiger partial charge in [0.15, 0.2) is 0 Å². The van der Waals surface area contributed by atoms with Gasteiger partial charge in [-0.05, 0) is 48.8 Å². The summed E-state index contributed by atoms with van der Waals surface area (Å²) in [5.74, 6) is 0.835. The fourth-order valence-corrected chi connectivity index (χ4v) is 3.93. The summed E-state index contributed by atoms with van der Waals surface area (Å²) in [5, 5.41) is 0. The van der Waals surface area contributed by atoms with Gasteiger partial charge in [0, 0.05) is 24.4 Å². The van der Waals surface area contributed by atoms with E-state index in [0.29, 0.717) is 0 Å². The summed E-state index contributed by atoms with van der Waals surface area (Å²) in [4.78, 5) is 13.2. The van der Waals surface area contributed by atoms with Gasteiger partial charge in [-0.3, -0.25) is 4.99 Å². The van der Waals surface area contributed by atoms with E-state index >= 15 is 0 Å². The van der Waals surface area contributed by atoms with Crippen molar-refractivity contribution < 1.29 is 0 Å². The minimum Gasteiger partial charge on any atom is -0.387 e. The molecule has 0 radical (unpaired) electrons. The van der Waals surface area contributed by atoms with Crippen molar-refractivity contribution in [1.29, 1.82) is 0 Å². The molecule has 1 atom stereocenters. The van der Waals surface area contributed by atoms with E-state index in [4.69, 9.17) is 10.7 Å². The lowest BCUT2D eigenvalue weighted by Gasteiger charge is -2.38. The number of rotatable bonds is 1. The largest absolute Gasteiger partial charge is 0.387 e. The lowest BCUT2D eigenvalue weighted by molar-refractivity contribution is 0.330. The van der Waals surface area contributed by atoms with Crippen molar-refractivity contribution in [1.82, 2.24) is 9.97 Å². The third-order valence-corrected chi connectivity index (χ3v) is 4.96. The number of nitrogens with two attached hydrogens (primary N) is 1. The van der Waals surface area contributed by atoms with Gasteiger partial charge in [-0.1, -0.05) is 18.2 Å². The first kappa shape index (κ1) is 13.4. The maximum Gasteiger partial charge on any atom is 0.115 e. The summed E-state index contributed by atoms with van der Waals surface area (Å²) in [6, 6.07) is 6.55. The number of nitrogens with zero attached hydrogens (tertiary/aromatic N) is 3. The Hall–Kier alpha value is -2.23. The van der Waals surface area contributed by atoms with E-state index < -0.39 is 0 Å². The number of hydrogen-bond acceptors (Lipinski definition) is 4. The topological polar surface area (TPSA) is 64.2 Å². The zero-order valence-electron chi connectivity index (χ0n) is 12.6. The third-order valence-electron chi connectivity index (χ3n) is 4.96. The van der Waals surface area contributed by atoms with Crippen LogP contribution in [0.1, 0.15) is 36.8 Å². The van der Waals surface area contributed by atoms with Crippen molar-refractivity contribution in [2.24, 2.45) is 10.7 Å². The highest BCUT2D eigenvalue weighted by molar-refractivity contribution is 5.81. The molecule has 1 aliphatic heterocycles. The monoisotopic (exact) mass is 292 g/mol. The van der Waals surface area contributed by atoms with E-state index in [-0.39, 0.29) is 5.54 Å². The molecule has 1 spiro atoms. The lowest BCUT2D eigenvalue weighted by atomic mass is 9.73. The maximum absolute atomic E-state index is 6.01. The van der Waals surface area contributed by atoms with Crippen LogP contribution in [0.5, 0.6) is 0 Å². The van der Waals surface area contributed by atoms with Gasteiger partial charge in [-0.15, -0.1) is 0 Å². The molecule has 1 aromatic heterocycles. The van der Waals surface area contributed by atoms with Gasteiger partial charge in [0.2, 0.25) is 0 Å². The Labute approximate surface area is 130 Å². The Balaban J connectivity index is 1.74. The van der Waals surface area contributed by atoms with E-state index in [1.165, 1.54) is 16.7 Å². The lowest BCUT2D eigenvalue weighted by Crippen LogP contribution is -2.39. The van der Waals surface area contributed by atoms with E-state index in [9.17, 15) is 0 Å². The SMILES string of the molecule is NC1=NC2(CCC1)CCc1c(cccc1-c1cncnc1)C2. The molecule has 1 aromatic carbocycles. The Morgan fingerprint density at radius 1 is 1.05 bits per heavy atom. The van der Waals surface area contributed by atoms with Gasteiger partial charge < -0.3 is 5.73 Å². The van der Waals surface area contributed by atoms with Crippen molar-refractivity contribution in [3.05, 3.63) is 48.0 Å². The molecule has 22 heavy (non-hydrogen) atoms. The summed E-state index contributed by atoms with van der Waals surface area (Å²) >= 11 is 0. The van der Waals surface area contributed by atoms with E-state index in [0.717, 1.165) is 49.9 Å². The number of aliphatic imine (C=N–C) groups is 1.